The molecule has 0 spiro atoms. The van der Waals surface area contributed by atoms with Crippen LogP contribution in [-0.2, 0) is 6.54 Å². The second-order valence-corrected chi connectivity index (χ2v) is 6.51. The Balaban J connectivity index is 0.00000312. The van der Waals surface area contributed by atoms with Gasteiger partial charge in [-0.15, -0.1) is 36.2 Å². The highest BCUT2D eigenvalue weighted by molar-refractivity contribution is 7.13. The molecule has 148 valence electrons. The lowest BCUT2D eigenvalue weighted by molar-refractivity contribution is 0.524. The first-order chi connectivity index (χ1) is 11.7. The van der Waals surface area contributed by atoms with E-state index in [4.69, 9.17) is 15.9 Å². The van der Waals surface area contributed by atoms with Crippen LogP contribution in [0.1, 0.15) is 51.2 Å². The number of halogens is 2. The third-order valence-electron chi connectivity index (χ3n) is 3.66. The van der Waals surface area contributed by atoms with Gasteiger partial charge in [0.1, 0.15) is 11.5 Å². The summed E-state index contributed by atoms with van der Waals surface area (Å²) in [6, 6.07) is 3.72. The zero-order chi connectivity index (χ0) is 17.2. The van der Waals surface area contributed by atoms with Crippen LogP contribution in [0.25, 0.3) is 11.5 Å². The number of nitrogens with zero attached hydrogens (tertiary/aromatic N) is 2. The number of hydrogen-bond acceptors (Lipinski definition) is 5. The van der Waals surface area contributed by atoms with Gasteiger partial charge in [-0.2, -0.15) is 4.99 Å². The van der Waals surface area contributed by atoms with E-state index >= 15 is 0 Å². The predicted molar refractivity (Wildman–Crippen MR) is 115 cm³/mol. The molecule has 0 aliphatic heterocycles. The number of nitrogens with one attached hydrogen (secondary N) is 1. The molecule has 0 unspecified atom stereocenters. The lowest BCUT2D eigenvalue weighted by Gasteiger charge is -2.04. The Morgan fingerprint density at radius 3 is 2.62 bits per heavy atom. The van der Waals surface area contributed by atoms with Gasteiger partial charge >= 0.3 is 0 Å². The summed E-state index contributed by atoms with van der Waals surface area (Å²) in [5.41, 5.74) is 12.2. The molecule has 2 rings (SSSR count). The van der Waals surface area contributed by atoms with Gasteiger partial charge in [0.05, 0.1) is 6.54 Å². The van der Waals surface area contributed by atoms with Gasteiger partial charge in [0.25, 0.3) is 0 Å². The fourth-order valence-corrected chi connectivity index (χ4v) is 3.01. The van der Waals surface area contributed by atoms with Crippen molar-refractivity contribution in [2.45, 2.75) is 52.0 Å². The molecular formula is C17H29Cl2N5OS. The fourth-order valence-electron chi connectivity index (χ4n) is 2.32. The van der Waals surface area contributed by atoms with Gasteiger partial charge in [0.15, 0.2) is 11.7 Å². The quantitative estimate of drug-likeness (QED) is 0.295. The molecular weight excluding hydrogens is 393 g/mol. The van der Waals surface area contributed by atoms with Crippen LogP contribution in [0.5, 0.6) is 0 Å². The standard InChI is InChI=1S/C17H27N5OS.2ClH/c1-2-3-4-5-6-7-10-20-16(19)22-17-21-14(12-24-17)15-9-8-13(11-18)23-15;;/h8-9,12H,2-7,10-11,18H2,1H3,(H3,19,20,21,22);2*1H. The molecule has 2 heterocycles. The molecule has 26 heavy (non-hydrogen) atoms. The fraction of sp³-hybridized carbons (Fsp3) is 0.529. The predicted octanol–water partition coefficient (Wildman–Crippen LogP) is 4.60. The van der Waals surface area contributed by atoms with Gasteiger partial charge < -0.3 is 21.2 Å². The maximum Gasteiger partial charge on any atom is 0.212 e. The lowest BCUT2D eigenvalue weighted by atomic mass is 10.1. The minimum Gasteiger partial charge on any atom is -0.458 e. The summed E-state index contributed by atoms with van der Waals surface area (Å²) < 4.78 is 5.58. The minimum absolute atomic E-state index is 0. The lowest BCUT2D eigenvalue weighted by Crippen LogP contribution is -2.31. The topological polar surface area (TPSA) is 102 Å². The summed E-state index contributed by atoms with van der Waals surface area (Å²) >= 11 is 1.43. The highest BCUT2D eigenvalue weighted by atomic mass is 35.5. The first-order valence-corrected chi connectivity index (χ1v) is 9.43. The van der Waals surface area contributed by atoms with E-state index in [1.807, 2.05) is 17.5 Å². The van der Waals surface area contributed by atoms with E-state index in [1.54, 1.807) is 0 Å². The molecule has 5 N–H and O–H groups in total. The van der Waals surface area contributed by atoms with E-state index in [9.17, 15) is 0 Å². The number of furan rings is 1. The number of aromatic nitrogens is 1. The Hall–Kier alpha value is -1.28. The normalized spacial score (nSPS) is 10.9. The number of thiazole rings is 1. The third-order valence-corrected chi connectivity index (χ3v) is 4.39. The first kappa shape index (κ1) is 24.7. The highest BCUT2D eigenvalue weighted by Gasteiger charge is 2.08. The summed E-state index contributed by atoms with van der Waals surface area (Å²) in [7, 11) is 0. The second-order valence-electron chi connectivity index (χ2n) is 5.68. The summed E-state index contributed by atoms with van der Waals surface area (Å²) in [5.74, 6) is 1.85. The van der Waals surface area contributed by atoms with Crippen LogP contribution in [0.4, 0.5) is 5.13 Å². The molecule has 0 amide bonds. The van der Waals surface area contributed by atoms with Crippen LogP contribution in [-0.4, -0.2) is 17.5 Å². The average Bonchev–Trinajstić information content (AvgIpc) is 3.22. The van der Waals surface area contributed by atoms with E-state index in [-0.39, 0.29) is 24.8 Å². The van der Waals surface area contributed by atoms with Gasteiger partial charge in [0, 0.05) is 11.9 Å². The zero-order valence-corrected chi connectivity index (χ0v) is 17.5. The maximum absolute atomic E-state index is 5.91. The van der Waals surface area contributed by atoms with E-state index in [0.29, 0.717) is 23.4 Å². The number of hydrogen-bond donors (Lipinski definition) is 3. The number of rotatable bonds is 10. The van der Waals surface area contributed by atoms with Crippen LogP contribution in [0.3, 0.4) is 0 Å². The van der Waals surface area contributed by atoms with Gasteiger partial charge in [-0.1, -0.05) is 39.0 Å². The van der Waals surface area contributed by atoms with Gasteiger partial charge in [-0.25, -0.2) is 4.98 Å². The van der Waals surface area contributed by atoms with Gasteiger partial charge in [-0.3, -0.25) is 0 Å². The molecule has 0 fully saturated rings. The smallest absolute Gasteiger partial charge is 0.212 e. The first-order valence-electron chi connectivity index (χ1n) is 8.55. The molecule has 0 atom stereocenters. The van der Waals surface area contributed by atoms with Crippen molar-refractivity contribution in [3.63, 3.8) is 0 Å². The molecule has 2 aromatic heterocycles. The van der Waals surface area contributed by atoms with Gasteiger partial charge in [-0.05, 0) is 18.6 Å². The molecule has 0 aromatic carbocycles. The Bertz CT molecular complexity index is 645. The monoisotopic (exact) mass is 421 g/mol. The van der Waals surface area contributed by atoms with Gasteiger partial charge in [0.2, 0.25) is 5.13 Å². The van der Waals surface area contributed by atoms with Crippen molar-refractivity contribution in [1.82, 2.24) is 10.3 Å². The minimum atomic E-state index is 0. The Labute approximate surface area is 171 Å². The summed E-state index contributed by atoms with van der Waals surface area (Å²) in [6.45, 7) is 3.45. The van der Waals surface area contributed by atoms with E-state index < -0.39 is 0 Å². The van der Waals surface area contributed by atoms with Crippen LogP contribution in [0.15, 0.2) is 26.9 Å². The van der Waals surface area contributed by atoms with E-state index in [0.717, 1.165) is 24.4 Å². The number of guanidine groups is 1. The summed E-state index contributed by atoms with van der Waals surface area (Å²) in [5, 5.41) is 5.65. The SMILES string of the molecule is CCCCCCCCNC(N)=Nc1nc(-c2ccc(CN)o2)cs1.Cl.Cl. The Kier molecular flexibility index (Phi) is 13.2. The van der Waals surface area contributed by atoms with Crippen molar-refractivity contribution in [3.8, 4) is 11.5 Å². The van der Waals surface area contributed by atoms with Crippen molar-refractivity contribution in [2.75, 3.05) is 6.54 Å². The molecule has 0 saturated carbocycles. The largest absolute Gasteiger partial charge is 0.458 e. The van der Waals surface area contributed by atoms with Crippen molar-refractivity contribution in [1.29, 1.82) is 0 Å². The molecule has 0 bridgehead atoms. The maximum atomic E-state index is 5.91. The van der Waals surface area contributed by atoms with Crippen molar-refractivity contribution in [2.24, 2.45) is 16.5 Å². The average molecular weight is 422 g/mol. The zero-order valence-electron chi connectivity index (χ0n) is 15.1. The number of nitrogens with two attached hydrogens (primary N) is 2. The molecule has 0 aliphatic rings. The molecule has 6 nitrogen and oxygen atoms in total. The van der Waals surface area contributed by atoms with E-state index in [1.165, 1.54) is 43.4 Å². The van der Waals surface area contributed by atoms with Crippen molar-refractivity contribution >= 4 is 47.2 Å². The van der Waals surface area contributed by atoms with Crippen LogP contribution < -0.4 is 16.8 Å². The summed E-state index contributed by atoms with van der Waals surface area (Å²) in [4.78, 5) is 8.73. The van der Waals surface area contributed by atoms with Crippen molar-refractivity contribution in [3.05, 3.63) is 23.3 Å². The van der Waals surface area contributed by atoms with Crippen LogP contribution in [0.2, 0.25) is 0 Å². The Morgan fingerprint density at radius 1 is 1.19 bits per heavy atom. The van der Waals surface area contributed by atoms with Crippen molar-refractivity contribution < 1.29 is 4.42 Å². The molecule has 0 saturated heterocycles. The van der Waals surface area contributed by atoms with E-state index in [2.05, 4.69) is 22.2 Å². The number of aliphatic imine (C=N–C) groups is 1. The second kappa shape index (κ2) is 13.9. The van der Waals surface area contributed by atoms with Crippen LogP contribution in [0, 0.1) is 0 Å². The third kappa shape index (κ3) is 8.40. The molecule has 0 radical (unpaired) electrons. The molecule has 9 heteroatoms. The van der Waals surface area contributed by atoms with Crippen LogP contribution >= 0.6 is 36.2 Å². The molecule has 2 aromatic rings. The molecule has 0 aliphatic carbocycles. The summed E-state index contributed by atoms with van der Waals surface area (Å²) in [6.07, 6.45) is 7.54. The number of unbranched alkanes of at least 4 members (excludes halogenated alkanes) is 5. The Morgan fingerprint density at radius 2 is 1.92 bits per heavy atom. The highest BCUT2D eigenvalue weighted by Crippen LogP contribution is 2.27.